The molecule has 0 aliphatic carbocycles. The summed E-state index contributed by atoms with van der Waals surface area (Å²) in [6.45, 7) is 0. The lowest BCUT2D eigenvalue weighted by Crippen LogP contribution is -2.11. The minimum absolute atomic E-state index is 0.220. The van der Waals surface area contributed by atoms with E-state index < -0.39 is 11.9 Å². The van der Waals surface area contributed by atoms with Gasteiger partial charge in [0, 0.05) is 0 Å². The third-order valence-corrected chi connectivity index (χ3v) is 4.72. The van der Waals surface area contributed by atoms with E-state index in [-0.39, 0.29) is 16.1 Å². The summed E-state index contributed by atoms with van der Waals surface area (Å²) >= 11 is 5.98. The topological polar surface area (TPSA) is 108 Å². The summed E-state index contributed by atoms with van der Waals surface area (Å²) in [6.07, 6.45) is 0. The Bertz CT molecular complexity index is 1160. The molecule has 10 heteroatoms. The summed E-state index contributed by atoms with van der Waals surface area (Å²) in [6, 6.07) is 15.9. The first-order valence-electron chi connectivity index (χ1n) is 9.54. The number of nitrogens with zero attached hydrogens (tertiary/aromatic N) is 2. The number of ether oxygens (including phenoxy) is 3. The third kappa shape index (κ3) is 5.78. The molecular weight excluding hydrogens is 450 g/mol. The van der Waals surface area contributed by atoms with Crippen LogP contribution < -0.4 is 19.7 Å². The standard InChI is InChI=1S/C23H20ClN3O6/c1-30-19-12-14(13-20(31-2)21(19)32-3)22(28)26-25-15-8-10-16(11-9-15)27-33-23(29)17-6-4-5-7-18(17)24/h4-13,27H,1-3H3. The molecule has 3 rings (SSSR count). The van der Waals surface area contributed by atoms with Crippen molar-refractivity contribution in [3.63, 3.8) is 0 Å². The van der Waals surface area contributed by atoms with E-state index in [1.54, 1.807) is 48.5 Å². The number of nitrogens with one attached hydrogen (secondary N) is 1. The molecule has 1 N–H and O–H groups in total. The summed E-state index contributed by atoms with van der Waals surface area (Å²) < 4.78 is 15.7. The summed E-state index contributed by atoms with van der Waals surface area (Å²) in [5.41, 5.74) is 3.90. The van der Waals surface area contributed by atoms with Gasteiger partial charge in [-0.1, -0.05) is 23.7 Å². The number of anilines is 1. The van der Waals surface area contributed by atoms with Crippen LogP contribution in [0.5, 0.6) is 17.2 Å². The monoisotopic (exact) mass is 469 g/mol. The Labute approximate surface area is 194 Å². The second-order valence-electron chi connectivity index (χ2n) is 6.44. The molecule has 3 aromatic rings. The summed E-state index contributed by atoms with van der Waals surface area (Å²) in [4.78, 5) is 29.6. The first-order chi connectivity index (χ1) is 16.0. The third-order valence-electron chi connectivity index (χ3n) is 4.39. The zero-order valence-electron chi connectivity index (χ0n) is 18.0. The number of benzene rings is 3. The van der Waals surface area contributed by atoms with Gasteiger partial charge in [-0.3, -0.25) is 4.79 Å². The Balaban J connectivity index is 1.65. The van der Waals surface area contributed by atoms with Crippen molar-refractivity contribution in [2.24, 2.45) is 10.2 Å². The fourth-order valence-electron chi connectivity index (χ4n) is 2.75. The Morgan fingerprint density at radius 2 is 1.52 bits per heavy atom. The molecule has 9 nitrogen and oxygen atoms in total. The molecule has 0 saturated heterocycles. The number of halogens is 1. The molecular formula is C23H20ClN3O6. The van der Waals surface area contributed by atoms with Gasteiger partial charge in [-0.25, -0.2) is 10.3 Å². The first kappa shape index (κ1) is 23.6. The van der Waals surface area contributed by atoms with Gasteiger partial charge >= 0.3 is 5.97 Å². The highest BCUT2D eigenvalue weighted by atomic mass is 35.5. The summed E-state index contributed by atoms with van der Waals surface area (Å²) in [7, 11) is 4.38. The lowest BCUT2D eigenvalue weighted by molar-refractivity contribution is 0.0596. The van der Waals surface area contributed by atoms with E-state index >= 15 is 0 Å². The van der Waals surface area contributed by atoms with Crippen LogP contribution in [-0.2, 0) is 4.84 Å². The van der Waals surface area contributed by atoms with E-state index in [0.29, 0.717) is 28.6 Å². The maximum atomic E-state index is 12.5. The Kier molecular flexibility index (Phi) is 7.82. The molecule has 0 atom stereocenters. The van der Waals surface area contributed by atoms with Crippen molar-refractivity contribution in [1.82, 2.24) is 0 Å². The van der Waals surface area contributed by atoms with Crippen molar-refractivity contribution in [1.29, 1.82) is 0 Å². The van der Waals surface area contributed by atoms with Gasteiger partial charge in [0.05, 0.1) is 48.9 Å². The quantitative estimate of drug-likeness (QED) is 0.344. The fraction of sp³-hybridized carbons (Fsp3) is 0.130. The lowest BCUT2D eigenvalue weighted by Gasteiger charge is -2.12. The second kappa shape index (κ2) is 11.0. The van der Waals surface area contributed by atoms with Crippen LogP contribution in [0.2, 0.25) is 5.02 Å². The molecule has 0 spiro atoms. The van der Waals surface area contributed by atoms with Crippen molar-refractivity contribution >= 4 is 34.9 Å². The van der Waals surface area contributed by atoms with Crippen LogP contribution in [0.4, 0.5) is 11.4 Å². The normalized spacial score (nSPS) is 10.5. The van der Waals surface area contributed by atoms with Crippen LogP contribution >= 0.6 is 11.6 Å². The van der Waals surface area contributed by atoms with Crippen molar-refractivity contribution in [2.75, 3.05) is 26.8 Å². The minimum Gasteiger partial charge on any atom is -0.493 e. The highest BCUT2D eigenvalue weighted by Crippen LogP contribution is 2.38. The number of azo groups is 1. The minimum atomic E-state index is -0.625. The van der Waals surface area contributed by atoms with Gasteiger partial charge in [-0.05, 0) is 48.5 Å². The Hall–Kier alpha value is -4.11. The largest absolute Gasteiger partial charge is 0.493 e. The zero-order chi connectivity index (χ0) is 23.8. The van der Waals surface area contributed by atoms with Crippen LogP contribution in [0.25, 0.3) is 0 Å². The SMILES string of the molecule is COc1cc(C(=O)N=Nc2ccc(NOC(=O)c3ccccc3Cl)cc2)cc(OC)c1OC. The number of methoxy groups -OCH3 is 3. The van der Waals surface area contributed by atoms with E-state index in [9.17, 15) is 9.59 Å². The maximum Gasteiger partial charge on any atom is 0.364 e. The van der Waals surface area contributed by atoms with Crippen LogP contribution in [0.15, 0.2) is 70.9 Å². The van der Waals surface area contributed by atoms with Crippen molar-refractivity contribution < 1.29 is 28.6 Å². The van der Waals surface area contributed by atoms with Gasteiger partial charge < -0.3 is 19.0 Å². The average Bonchev–Trinajstić information content (AvgIpc) is 2.85. The molecule has 33 heavy (non-hydrogen) atoms. The highest BCUT2D eigenvalue weighted by molar-refractivity contribution is 6.33. The number of carbonyl (C=O) groups is 2. The van der Waals surface area contributed by atoms with Gasteiger partial charge in [0.25, 0.3) is 5.91 Å². The van der Waals surface area contributed by atoms with E-state index in [1.807, 2.05) is 0 Å². The summed E-state index contributed by atoms with van der Waals surface area (Å²) in [5.74, 6) is -0.188. The lowest BCUT2D eigenvalue weighted by atomic mass is 10.1. The van der Waals surface area contributed by atoms with E-state index in [2.05, 4.69) is 15.7 Å². The molecule has 3 aromatic carbocycles. The summed E-state index contributed by atoms with van der Waals surface area (Å²) in [5, 5.41) is 7.97. The molecule has 0 bridgehead atoms. The number of hydrogen-bond donors (Lipinski definition) is 1. The van der Waals surface area contributed by atoms with Crippen molar-refractivity contribution in [3.05, 3.63) is 76.8 Å². The highest BCUT2D eigenvalue weighted by Gasteiger charge is 2.17. The van der Waals surface area contributed by atoms with Crippen molar-refractivity contribution in [3.8, 4) is 17.2 Å². The molecule has 1 amide bonds. The van der Waals surface area contributed by atoms with E-state index in [1.165, 1.54) is 33.5 Å². The predicted molar refractivity (Wildman–Crippen MR) is 122 cm³/mol. The predicted octanol–water partition coefficient (Wildman–Crippen LogP) is 5.47. The smallest absolute Gasteiger partial charge is 0.364 e. The molecule has 0 aliphatic heterocycles. The number of rotatable bonds is 8. The molecule has 0 fully saturated rings. The fourth-order valence-corrected chi connectivity index (χ4v) is 2.96. The number of hydrogen-bond acceptors (Lipinski definition) is 8. The van der Waals surface area contributed by atoms with Crippen molar-refractivity contribution in [2.45, 2.75) is 0 Å². The molecule has 0 radical (unpaired) electrons. The van der Waals surface area contributed by atoms with Gasteiger partial charge in [-0.2, -0.15) is 0 Å². The molecule has 170 valence electrons. The molecule has 0 aliphatic rings. The van der Waals surface area contributed by atoms with E-state index in [4.69, 9.17) is 30.6 Å². The average molecular weight is 470 g/mol. The second-order valence-corrected chi connectivity index (χ2v) is 6.84. The number of amides is 1. The van der Waals surface area contributed by atoms with Gasteiger partial charge in [0.2, 0.25) is 5.75 Å². The van der Waals surface area contributed by atoms with Gasteiger partial charge in [0.15, 0.2) is 11.5 Å². The molecule has 0 saturated carbocycles. The zero-order valence-corrected chi connectivity index (χ0v) is 18.8. The Morgan fingerprint density at radius 1 is 0.879 bits per heavy atom. The van der Waals surface area contributed by atoms with Crippen LogP contribution in [-0.4, -0.2) is 33.2 Å². The van der Waals surface area contributed by atoms with Gasteiger partial charge in [0.1, 0.15) is 0 Å². The molecule has 0 heterocycles. The van der Waals surface area contributed by atoms with E-state index in [0.717, 1.165) is 0 Å². The Morgan fingerprint density at radius 3 is 2.09 bits per heavy atom. The van der Waals surface area contributed by atoms with Crippen LogP contribution in [0, 0.1) is 0 Å². The molecule has 0 aromatic heterocycles. The maximum absolute atomic E-state index is 12.5. The van der Waals surface area contributed by atoms with Gasteiger partial charge in [-0.15, -0.1) is 10.2 Å². The molecule has 0 unspecified atom stereocenters. The van der Waals surface area contributed by atoms with Crippen LogP contribution in [0.3, 0.4) is 0 Å². The van der Waals surface area contributed by atoms with Crippen LogP contribution in [0.1, 0.15) is 20.7 Å². The first-order valence-corrected chi connectivity index (χ1v) is 9.92. The number of carbonyl (C=O) groups excluding carboxylic acids is 2.